The number of rotatable bonds is 9. The number of amides is 3. The van der Waals surface area contributed by atoms with E-state index >= 15 is 0 Å². The maximum Gasteiger partial charge on any atom is 0.332 e. The molecule has 24 heavy (non-hydrogen) atoms. The zero-order chi connectivity index (χ0) is 17.4. The first-order valence-corrected chi connectivity index (χ1v) is 9.82. The van der Waals surface area contributed by atoms with Crippen LogP contribution in [-0.4, -0.2) is 41.0 Å². The molecule has 0 spiro atoms. The predicted octanol–water partition coefficient (Wildman–Crippen LogP) is 1.87. The van der Waals surface area contributed by atoms with Crippen molar-refractivity contribution < 1.29 is 19.2 Å². The van der Waals surface area contributed by atoms with Crippen molar-refractivity contribution in [2.45, 2.75) is 75.6 Å². The van der Waals surface area contributed by atoms with Crippen LogP contribution in [0.3, 0.4) is 0 Å². The Kier molecular flexibility index (Phi) is 7.68. The first-order valence-electron chi connectivity index (χ1n) is 8.77. The van der Waals surface area contributed by atoms with Gasteiger partial charge in [-0.25, -0.2) is 9.59 Å². The summed E-state index contributed by atoms with van der Waals surface area (Å²) in [6.45, 7) is 2.07. The van der Waals surface area contributed by atoms with Gasteiger partial charge in [0.1, 0.15) is 0 Å². The summed E-state index contributed by atoms with van der Waals surface area (Å²) in [5.41, 5.74) is 2.21. The van der Waals surface area contributed by atoms with Gasteiger partial charge in [-0.05, 0) is 19.3 Å². The average molecular weight is 357 g/mol. The van der Waals surface area contributed by atoms with Crippen LogP contribution in [0.5, 0.6) is 0 Å². The maximum atomic E-state index is 11.6. The summed E-state index contributed by atoms with van der Waals surface area (Å²) in [7, 11) is 0. The molecule has 7 nitrogen and oxygen atoms in total. The minimum absolute atomic E-state index is 0.0754. The molecule has 2 aliphatic rings. The van der Waals surface area contributed by atoms with Crippen molar-refractivity contribution in [3.8, 4) is 0 Å². The minimum atomic E-state index is -0.397. The van der Waals surface area contributed by atoms with Gasteiger partial charge >= 0.3 is 12.0 Å². The molecule has 2 heterocycles. The summed E-state index contributed by atoms with van der Waals surface area (Å²) < 4.78 is 0. The van der Waals surface area contributed by atoms with Crippen LogP contribution >= 0.6 is 11.8 Å². The molecule has 8 heteroatoms. The molecule has 0 aromatic rings. The van der Waals surface area contributed by atoms with Crippen LogP contribution in [0.25, 0.3) is 0 Å². The second kappa shape index (κ2) is 9.76. The van der Waals surface area contributed by atoms with Gasteiger partial charge in [0.15, 0.2) is 0 Å². The second-order valence-corrected chi connectivity index (χ2v) is 7.60. The summed E-state index contributed by atoms with van der Waals surface area (Å²) in [6, 6.07) is 0.366. The van der Waals surface area contributed by atoms with E-state index in [0.29, 0.717) is 18.1 Å². The van der Waals surface area contributed by atoms with Gasteiger partial charge in [-0.2, -0.15) is 17.2 Å². The van der Waals surface area contributed by atoms with Gasteiger partial charge in [-0.1, -0.05) is 26.2 Å². The molecule has 0 saturated carbocycles. The van der Waals surface area contributed by atoms with Crippen LogP contribution in [0.2, 0.25) is 0 Å². The summed E-state index contributed by atoms with van der Waals surface area (Å²) in [5, 5.41) is 6.28. The molecule has 0 aromatic heterocycles. The number of fused-ring (bicyclic) bond motifs is 1. The summed E-state index contributed by atoms with van der Waals surface area (Å²) in [6.07, 6.45) is 6.13. The van der Waals surface area contributed by atoms with Gasteiger partial charge in [0, 0.05) is 23.8 Å². The number of hydrogen-bond acceptors (Lipinski definition) is 5. The fourth-order valence-corrected chi connectivity index (χ4v) is 4.55. The van der Waals surface area contributed by atoms with E-state index in [4.69, 9.17) is 4.84 Å². The van der Waals surface area contributed by atoms with Crippen LogP contribution in [0.4, 0.5) is 4.79 Å². The topological polar surface area (TPSA) is 96.5 Å². The monoisotopic (exact) mass is 357 g/mol. The van der Waals surface area contributed by atoms with E-state index in [1.807, 2.05) is 11.8 Å². The first kappa shape index (κ1) is 18.9. The Labute approximate surface area is 147 Å². The molecule has 2 aliphatic heterocycles. The molecule has 3 N–H and O–H groups in total. The molecule has 2 rings (SSSR count). The third kappa shape index (κ3) is 5.89. The van der Waals surface area contributed by atoms with Crippen molar-refractivity contribution in [2.75, 3.05) is 5.75 Å². The molecule has 0 radical (unpaired) electrons. The maximum absolute atomic E-state index is 11.6. The van der Waals surface area contributed by atoms with Crippen LogP contribution in [0, 0.1) is 0 Å². The highest BCUT2D eigenvalue weighted by Gasteiger charge is 2.42. The van der Waals surface area contributed by atoms with Crippen molar-refractivity contribution in [1.29, 1.82) is 0 Å². The van der Waals surface area contributed by atoms with Crippen molar-refractivity contribution in [3.05, 3.63) is 0 Å². The lowest BCUT2D eigenvalue weighted by molar-refractivity contribution is -0.158. The largest absolute Gasteiger partial charge is 0.341 e. The summed E-state index contributed by atoms with van der Waals surface area (Å²) in [5.74, 6) is 0.307. The first-order chi connectivity index (χ1) is 11.6. The Bertz CT molecular complexity index is 461. The van der Waals surface area contributed by atoms with E-state index in [0.717, 1.165) is 44.3 Å². The lowest BCUT2D eigenvalue weighted by Crippen LogP contribution is -2.36. The number of urea groups is 1. The van der Waals surface area contributed by atoms with E-state index in [1.54, 1.807) is 0 Å². The van der Waals surface area contributed by atoms with E-state index in [9.17, 15) is 14.4 Å². The van der Waals surface area contributed by atoms with Gasteiger partial charge in [0.05, 0.1) is 12.1 Å². The molecule has 2 fully saturated rings. The fraction of sp³-hybridized carbons (Fsp3) is 0.812. The SMILES string of the molecule is CCCCCC(=O)NOC(=O)CCCC[C@@H]1SC[C@@H]2NC(=O)N[C@@H]21. The molecule has 136 valence electrons. The zero-order valence-corrected chi connectivity index (χ0v) is 15.0. The normalized spacial score (nSPS) is 24.9. The number of hydroxylamine groups is 1. The molecule has 3 atom stereocenters. The molecule has 0 bridgehead atoms. The quantitative estimate of drug-likeness (QED) is 0.332. The fourth-order valence-electron chi connectivity index (χ4n) is 3.01. The highest BCUT2D eigenvalue weighted by atomic mass is 32.2. The molecule has 0 aromatic carbocycles. The van der Waals surface area contributed by atoms with E-state index in [-0.39, 0.29) is 24.0 Å². The number of hydrogen-bond donors (Lipinski definition) is 3. The smallest absolute Gasteiger partial charge is 0.332 e. The van der Waals surface area contributed by atoms with E-state index in [1.165, 1.54) is 0 Å². The molecular weight excluding hydrogens is 330 g/mol. The van der Waals surface area contributed by atoms with E-state index in [2.05, 4.69) is 23.0 Å². The predicted molar refractivity (Wildman–Crippen MR) is 92.3 cm³/mol. The highest BCUT2D eigenvalue weighted by molar-refractivity contribution is 8.00. The van der Waals surface area contributed by atoms with Gasteiger partial charge in [0.25, 0.3) is 5.91 Å². The Hall–Kier alpha value is -1.44. The van der Waals surface area contributed by atoms with Crippen molar-refractivity contribution in [3.63, 3.8) is 0 Å². The Balaban J connectivity index is 1.50. The lowest BCUT2D eigenvalue weighted by atomic mass is 10.0. The molecule has 0 aliphatic carbocycles. The van der Waals surface area contributed by atoms with Gasteiger partial charge in [0.2, 0.25) is 0 Å². The summed E-state index contributed by atoms with van der Waals surface area (Å²) in [4.78, 5) is 39.1. The number of carbonyl (C=O) groups excluding carboxylic acids is 3. The van der Waals surface area contributed by atoms with Crippen molar-refractivity contribution >= 4 is 29.7 Å². The number of thioether (sulfide) groups is 1. The van der Waals surface area contributed by atoms with Gasteiger partial charge < -0.3 is 15.5 Å². The summed E-state index contributed by atoms with van der Waals surface area (Å²) >= 11 is 1.87. The Morgan fingerprint density at radius 3 is 2.79 bits per heavy atom. The number of unbranched alkanes of at least 4 members (excludes halogenated alkanes) is 3. The van der Waals surface area contributed by atoms with Gasteiger partial charge in [-0.3, -0.25) is 4.79 Å². The third-order valence-corrected chi connectivity index (χ3v) is 5.85. The minimum Gasteiger partial charge on any atom is -0.341 e. The second-order valence-electron chi connectivity index (χ2n) is 6.32. The van der Waals surface area contributed by atoms with Crippen LogP contribution in [-0.2, 0) is 14.4 Å². The third-order valence-electron chi connectivity index (χ3n) is 4.34. The van der Waals surface area contributed by atoms with E-state index < -0.39 is 5.97 Å². The van der Waals surface area contributed by atoms with Crippen LogP contribution in [0.15, 0.2) is 0 Å². The Morgan fingerprint density at radius 1 is 1.21 bits per heavy atom. The van der Waals surface area contributed by atoms with Crippen LogP contribution in [0.1, 0.15) is 58.3 Å². The van der Waals surface area contributed by atoms with Crippen LogP contribution < -0.4 is 16.1 Å². The molecule has 0 unspecified atom stereocenters. The highest BCUT2D eigenvalue weighted by Crippen LogP contribution is 2.33. The molecular formula is C16H27N3O4S. The van der Waals surface area contributed by atoms with Gasteiger partial charge in [-0.15, -0.1) is 0 Å². The number of carbonyl (C=O) groups is 3. The lowest BCUT2D eigenvalue weighted by Gasteiger charge is -2.16. The zero-order valence-electron chi connectivity index (χ0n) is 14.1. The van der Waals surface area contributed by atoms with Crippen molar-refractivity contribution in [2.24, 2.45) is 0 Å². The average Bonchev–Trinajstić information content (AvgIpc) is 3.09. The molecule has 3 amide bonds. The molecule has 2 saturated heterocycles. The standard InChI is InChI=1S/C16H27N3O4S/c1-2-3-4-8-13(20)19-23-14(21)9-6-5-7-12-15-11(10-24-12)17-16(22)18-15/h11-12,15H,2-10H2,1H3,(H,19,20)(H2,17,18,22)/t11-,12-,15-/m0/s1. The number of nitrogens with one attached hydrogen (secondary N) is 3. The van der Waals surface area contributed by atoms with Crippen molar-refractivity contribution in [1.82, 2.24) is 16.1 Å². The Morgan fingerprint density at radius 2 is 2.00 bits per heavy atom.